The van der Waals surface area contributed by atoms with Gasteiger partial charge in [-0.2, -0.15) is 5.10 Å². The predicted octanol–water partition coefficient (Wildman–Crippen LogP) is 1.81. The summed E-state index contributed by atoms with van der Waals surface area (Å²) in [4.78, 5) is 30.8. The van der Waals surface area contributed by atoms with Gasteiger partial charge in [0, 0.05) is 50.4 Å². The monoisotopic (exact) mass is 460 g/mol. The van der Waals surface area contributed by atoms with Crippen molar-refractivity contribution in [3.8, 4) is 28.3 Å². The van der Waals surface area contributed by atoms with E-state index in [1.807, 2.05) is 36.4 Å². The maximum atomic E-state index is 13.5. The number of fused-ring (bicyclic) bond motifs is 3. The molecular formula is C25H28N6O3. The van der Waals surface area contributed by atoms with Crippen LogP contribution in [0.25, 0.3) is 22.5 Å². The van der Waals surface area contributed by atoms with Crippen LogP contribution in [0.15, 0.2) is 42.5 Å². The Morgan fingerprint density at radius 2 is 1.82 bits per heavy atom. The quantitative estimate of drug-likeness (QED) is 0.385. The van der Waals surface area contributed by atoms with Crippen molar-refractivity contribution in [1.82, 2.24) is 20.0 Å². The number of hydrogen-bond acceptors (Lipinski definition) is 7. The van der Waals surface area contributed by atoms with Crippen LogP contribution >= 0.6 is 0 Å². The molecule has 1 aliphatic heterocycles. The van der Waals surface area contributed by atoms with E-state index in [2.05, 4.69) is 25.3 Å². The van der Waals surface area contributed by atoms with E-state index in [0.29, 0.717) is 34.7 Å². The molecule has 0 atom stereocenters. The number of rotatable bonds is 7. The van der Waals surface area contributed by atoms with Crippen LogP contribution < -0.4 is 15.8 Å². The van der Waals surface area contributed by atoms with Gasteiger partial charge in [-0.1, -0.05) is 12.1 Å². The van der Waals surface area contributed by atoms with Gasteiger partial charge < -0.3 is 15.8 Å². The van der Waals surface area contributed by atoms with Crippen LogP contribution in [-0.4, -0.2) is 84.6 Å². The van der Waals surface area contributed by atoms with Crippen LogP contribution in [0.5, 0.6) is 5.75 Å². The molecule has 9 nitrogen and oxygen atoms in total. The lowest BCUT2D eigenvalue weighted by Crippen LogP contribution is -2.49. The zero-order valence-electron chi connectivity index (χ0n) is 19.1. The van der Waals surface area contributed by atoms with E-state index in [4.69, 9.17) is 10.5 Å². The standard InChI is InChI=1S/C25H28N6O3/c1-34-17-7-5-16(6-8-17)23-22-24(29-28-23)18-3-2-4-19(21(18)25(22)33)27-20(32)15-31-13-11-30(10-9-26)12-14-31/h2-8H,9-15,26H2,1H3,(H,27,32)(H,28,29). The molecule has 1 fully saturated rings. The number of ketones is 1. The molecule has 1 saturated heterocycles. The van der Waals surface area contributed by atoms with Crippen molar-refractivity contribution in [2.45, 2.75) is 0 Å². The summed E-state index contributed by atoms with van der Waals surface area (Å²) in [6, 6.07) is 12.9. The van der Waals surface area contributed by atoms with E-state index < -0.39 is 0 Å². The Morgan fingerprint density at radius 3 is 2.53 bits per heavy atom. The Hall–Kier alpha value is -3.53. The molecule has 3 aromatic rings. The summed E-state index contributed by atoms with van der Waals surface area (Å²) in [5.74, 6) is 0.463. The Kier molecular flexibility index (Phi) is 6.14. The van der Waals surface area contributed by atoms with E-state index in [-0.39, 0.29) is 18.2 Å². The molecule has 1 amide bonds. The Bertz CT molecular complexity index is 1210. The lowest BCUT2D eigenvalue weighted by Gasteiger charge is -2.34. The number of amides is 1. The highest BCUT2D eigenvalue weighted by atomic mass is 16.5. The molecule has 5 rings (SSSR count). The number of nitrogens with two attached hydrogens (primary N) is 1. The highest BCUT2D eigenvalue weighted by Crippen LogP contribution is 2.43. The fourth-order valence-electron chi connectivity index (χ4n) is 4.70. The van der Waals surface area contributed by atoms with Crippen molar-refractivity contribution in [1.29, 1.82) is 0 Å². The molecule has 0 bridgehead atoms. The normalized spacial score (nSPS) is 15.8. The second-order valence-corrected chi connectivity index (χ2v) is 8.56. The summed E-state index contributed by atoms with van der Waals surface area (Å²) in [5, 5.41) is 10.4. The van der Waals surface area contributed by atoms with Gasteiger partial charge >= 0.3 is 0 Å². The first kappa shape index (κ1) is 22.3. The number of ether oxygens (including phenoxy) is 1. The van der Waals surface area contributed by atoms with Crippen molar-refractivity contribution >= 4 is 17.4 Å². The summed E-state index contributed by atoms with van der Waals surface area (Å²) in [5.41, 5.74) is 10.0. The lowest BCUT2D eigenvalue weighted by atomic mass is 10.0. The van der Waals surface area contributed by atoms with E-state index in [1.165, 1.54) is 0 Å². The summed E-state index contributed by atoms with van der Waals surface area (Å²) in [6.07, 6.45) is 0. The van der Waals surface area contributed by atoms with Gasteiger partial charge in [-0.3, -0.25) is 24.5 Å². The number of anilines is 1. The van der Waals surface area contributed by atoms with Gasteiger partial charge in [0.15, 0.2) is 5.78 Å². The zero-order valence-corrected chi connectivity index (χ0v) is 19.1. The number of H-pyrrole nitrogens is 1. The number of carbonyl (C=O) groups excluding carboxylic acids is 2. The summed E-state index contributed by atoms with van der Waals surface area (Å²) < 4.78 is 5.23. The van der Waals surface area contributed by atoms with E-state index in [9.17, 15) is 9.59 Å². The molecule has 1 aromatic heterocycles. The first-order valence-electron chi connectivity index (χ1n) is 11.4. The van der Waals surface area contributed by atoms with Gasteiger partial charge in [-0.15, -0.1) is 0 Å². The van der Waals surface area contributed by atoms with Gasteiger partial charge in [0.25, 0.3) is 0 Å². The molecule has 0 unspecified atom stereocenters. The number of aromatic nitrogens is 2. The number of hydrogen-bond donors (Lipinski definition) is 3. The van der Waals surface area contributed by atoms with Gasteiger partial charge in [0.1, 0.15) is 11.4 Å². The van der Waals surface area contributed by atoms with Crippen LogP contribution in [0.1, 0.15) is 15.9 Å². The van der Waals surface area contributed by atoms with Gasteiger partial charge in [0.05, 0.1) is 36.2 Å². The largest absolute Gasteiger partial charge is 0.497 e. The second-order valence-electron chi connectivity index (χ2n) is 8.56. The van der Waals surface area contributed by atoms with Gasteiger partial charge in [-0.05, 0) is 30.3 Å². The highest BCUT2D eigenvalue weighted by Gasteiger charge is 2.35. The molecule has 2 aromatic carbocycles. The zero-order chi connectivity index (χ0) is 23.7. The third kappa shape index (κ3) is 4.09. The van der Waals surface area contributed by atoms with Crippen LogP contribution in [0.2, 0.25) is 0 Å². The molecule has 9 heteroatoms. The molecule has 4 N–H and O–H groups in total. The number of aromatic amines is 1. The molecule has 0 spiro atoms. The smallest absolute Gasteiger partial charge is 0.238 e. The van der Waals surface area contributed by atoms with Crippen molar-refractivity contribution in [3.63, 3.8) is 0 Å². The molecule has 176 valence electrons. The average molecular weight is 461 g/mol. The molecule has 2 aliphatic rings. The number of carbonyl (C=O) groups is 2. The van der Waals surface area contributed by atoms with Gasteiger partial charge in [-0.25, -0.2) is 0 Å². The third-order valence-corrected chi connectivity index (χ3v) is 6.47. The highest BCUT2D eigenvalue weighted by molar-refractivity contribution is 6.27. The van der Waals surface area contributed by atoms with Crippen molar-refractivity contribution in [2.75, 3.05) is 58.2 Å². The number of nitrogens with zero attached hydrogens (tertiary/aromatic N) is 3. The first-order chi connectivity index (χ1) is 16.6. The molecule has 0 saturated carbocycles. The maximum Gasteiger partial charge on any atom is 0.238 e. The third-order valence-electron chi connectivity index (χ3n) is 6.47. The van der Waals surface area contributed by atoms with Crippen LogP contribution in [-0.2, 0) is 4.79 Å². The topological polar surface area (TPSA) is 117 Å². The fourth-order valence-corrected chi connectivity index (χ4v) is 4.70. The summed E-state index contributed by atoms with van der Waals surface area (Å²) in [6.45, 7) is 5.26. The Morgan fingerprint density at radius 1 is 1.09 bits per heavy atom. The Balaban J connectivity index is 1.33. The van der Waals surface area contributed by atoms with Gasteiger partial charge in [0.2, 0.25) is 5.91 Å². The van der Waals surface area contributed by atoms with E-state index >= 15 is 0 Å². The molecule has 2 heterocycles. The molecular weight excluding hydrogens is 432 g/mol. The number of piperazine rings is 1. The minimum atomic E-state index is -0.143. The van der Waals surface area contributed by atoms with E-state index in [0.717, 1.165) is 49.6 Å². The van der Waals surface area contributed by atoms with Crippen molar-refractivity contribution < 1.29 is 14.3 Å². The van der Waals surface area contributed by atoms with Crippen LogP contribution in [0, 0.1) is 0 Å². The number of nitrogens with one attached hydrogen (secondary N) is 2. The summed E-state index contributed by atoms with van der Waals surface area (Å²) in [7, 11) is 1.61. The number of methoxy groups -OCH3 is 1. The summed E-state index contributed by atoms with van der Waals surface area (Å²) >= 11 is 0. The lowest BCUT2D eigenvalue weighted by molar-refractivity contribution is -0.117. The second kappa shape index (κ2) is 9.38. The SMILES string of the molecule is COc1ccc(-c2n[nH]c3c2C(=O)c2c(NC(=O)CN4CCN(CCN)CC4)cccc2-3)cc1. The minimum Gasteiger partial charge on any atom is -0.497 e. The van der Waals surface area contributed by atoms with Crippen molar-refractivity contribution in [3.05, 3.63) is 53.6 Å². The number of benzene rings is 2. The first-order valence-corrected chi connectivity index (χ1v) is 11.4. The molecule has 1 aliphatic carbocycles. The van der Waals surface area contributed by atoms with E-state index in [1.54, 1.807) is 13.2 Å². The van der Waals surface area contributed by atoms with Crippen molar-refractivity contribution in [2.24, 2.45) is 5.73 Å². The predicted molar refractivity (Wildman–Crippen MR) is 130 cm³/mol. The molecule has 34 heavy (non-hydrogen) atoms. The molecule has 0 radical (unpaired) electrons. The Labute approximate surface area is 197 Å². The average Bonchev–Trinajstić information content (AvgIpc) is 3.41. The van der Waals surface area contributed by atoms with Crippen LogP contribution in [0.4, 0.5) is 5.69 Å². The van der Waals surface area contributed by atoms with Crippen LogP contribution in [0.3, 0.4) is 0 Å². The minimum absolute atomic E-state index is 0.127. The fraction of sp³-hybridized carbons (Fsp3) is 0.320. The maximum absolute atomic E-state index is 13.5.